The Morgan fingerprint density at radius 2 is 1.63 bits per heavy atom. The van der Waals surface area contributed by atoms with Crippen LogP contribution in [0.25, 0.3) is 10.8 Å². The van der Waals surface area contributed by atoms with E-state index in [1.165, 1.54) is 0 Å². The molecule has 3 aromatic rings. The van der Waals surface area contributed by atoms with E-state index in [4.69, 9.17) is 4.55 Å². The number of hydrogen-bond donors (Lipinski definition) is 4. The molecule has 160 valence electrons. The van der Waals surface area contributed by atoms with Gasteiger partial charge in [0.15, 0.2) is 5.75 Å². The van der Waals surface area contributed by atoms with E-state index in [-0.39, 0.29) is 10.8 Å². The third-order valence-corrected chi connectivity index (χ3v) is 6.24. The first kappa shape index (κ1) is 21.7. The quantitative estimate of drug-likeness (QED) is 0.299. The maximum Gasteiger partial charge on any atom is 0.298 e. The Labute approximate surface area is 168 Å². The maximum atomic E-state index is 11.6. The highest BCUT2D eigenvalue weighted by molar-refractivity contribution is 7.90. The minimum atomic E-state index is -4.97. The molecule has 0 amide bonds. The number of H-pyrrole nitrogens is 1. The molecule has 0 bridgehead atoms. The molecule has 0 aliphatic carbocycles. The van der Waals surface area contributed by atoms with Gasteiger partial charge in [0.05, 0.1) is 4.90 Å². The standard InChI is InChI=1S/C13H11N5O9S3/c1-28(20,21)13-14-12(17-18-13)16-15-10-8-3-2-7(29(22,23)24)4-6(8)5-9(11(10)19)30(25,26)27/h2-5,19H,1H3,(H,14,17,18)(H,22,23,24)(H,25,26,27). The van der Waals surface area contributed by atoms with Crippen molar-refractivity contribution in [3.63, 3.8) is 0 Å². The Morgan fingerprint density at radius 3 is 2.17 bits per heavy atom. The van der Waals surface area contributed by atoms with Crippen molar-refractivity contribution in [3.05, 3.63) is 24.3 Å². The molecular formula is C13H11N5O9S3. The molecule has 0 unspecified atom stereocenters. The van der Waals surface area contributed by atoms with Crippen LogP contribution in [0.4, 0.5) is 11.6 Å². The lowest BCUT2D eigenvalue weighted by Crippen LogP contribution is -2.00. The largest absolute Gasteiger partial charge is 0.504 e. The molecule has 1 heterocycles. The highest BCUT2D eigenvalue weighted by atomic mass is 32.2. The molecule has 3 rings (SSSR count). The van der Waals surface area contributed by atoms with Crippen molar-refractivity contribution in [1.29, 1.82) is 0 Å². The number of phenolic OH excluding ortho intramolecular Hbond substituents is 1. The summed E-state index contributed by atoms with van der Waals surface area (Å²) < 4.78 is 87.1. The normalized spacial score (nSPS) is 13.3. The van der Waals surface area contributed by atoms with Crippen molar-refractivity contribution < 1.29 is 39.5 Å². The minimum Gasteiger partial charge on any atom is -0.504 e. The van der Waals surface area contributed by atoms with Crippen LogP contribution in [0.5, 0.6) is 5.75 Å². The van der Waals surface area contributed by atoms with E-state index in [2.05, 4.69) is 25.4 Å². The molecule has 4 N–H and O–H groups in total. The number of fused-ring (bicyclic) bond motifs is 1. The van der Waals surface area contributed by atoms with Gasteiger partial charge in [-0.05, 0) is 23.6 Å². The zero-order valence-corrected chi connectivity index (χ0v) is 17.1. The first-order valence-electron chi connectivity index (χ1n) is 7.47. The van der Waals surface area contributed by atoms with Crippen molar-refractivity contribution in [2.45, 2.75) is 14.9 Å². The highest BCUT2D eigenvalue weighted by Gasteiger charge is 2.23. The molecule has 0 aliphatic rings. The van der Waals surface area contributed by atoms with Gasteiger partial charge < -0.3 is 5.11 Å². The van der Waals surface area contributed by atoms with E-state index in [9.17, 15) is 34.9 Å². The second kappa shape index (κ2) is 7.06. The molecule has 2 aromatic carbocycles. The van der Waals surface area contributed by atoms with Crippen molar-refractivity contribution in [3.8, 4) is 5.75 Å². The predicted octanol–water partition coefficient (Wildman–Crippen LogP) is 0.976. The van der Waals surface area contributed by atoms with E-state index < -0.39 is 62.4 Å². The summed E-state index contributed by atoms with van der Waals surface area (Å²) in [6.07, 6.45) is 0.857. The molecule has 0 saturated heterocycles. The fraction of sp³-hybridized carbons (Fsp3) is 0.0769. The topological polar surface area (TPSA) is 229 Å². The van der Waals surface area contributed by atoms with E-state index in [1.54, 1.807) is 0 Å². The fourth-order valence-corrected chi connectivity index (χ4v) is 3.92. The summed E-state index contributed by atoms with van der Waals surface area (Å²) in [6, 6.07) is 3.70. The number of aromatic nitrogens is 3. The molecule has 0 radical (unpaired) electrons. The lowest BCUT2D eigenvalue weighted by molar-refractivity contribution is 0.445. The van der Waals surface area contributed by atoms with Crippen LogP contribution in [0.3, 0.4) is 0 Å². The maximum absolute atomic E-state index is 11.6. The predicted molar refractivity (Wildman–Crippen MR) is 98.9 cm³/mol. The number of sulfone groups is 1. The Morgan fingerprint density at radius 1 is 0.967 bits per heavy atom. The number of nitrogens with zero attached hydrogens (tertiary/aromatic N) is 4. The van der Waals surface area contributed by atoms with Gasteiger partial charge >= 0.3 is 0 Å². The summed E-state index contributed by atoms with van der Waals surface area (Å²) >= 11 is 0. The molecule has 17 heteroatoms. The van der Waals surface area contributed by atoms with Crippen molar-refractivity contribution >= 4 is 52.5 Å². The SMILES string of the molecule is CS(=O)(=O)c1nc(N=Nc2c(O)c(S(=O)(=O)O)cc3cc(S(=O)(=O)O)ccc23)n[nH]1. The van der Waals surface area contributed by atoms with Crippen molar-refractivity contribution in [1.82, 2.24) is 15.2 Å². The number of nitrogens with one attached hydrogen (secondary N) is 1. The Bertz CT molecular complexity index is 1520. The average Bonchev–Trinajstić information content (AvgIpc) is 3.07. The number of phenols is 1. The summed E-state index contributed by atoms with van der Waals surface area (Å²) in [5, 5.41) is 22.3. The molecule has 14 nitrogen and oxygen atoms in total. The molecule has 0 saturated carbocycles. The van der Waals surface area contributed by atoms with Gasteiger partial charge in [0, 0.05) is 11.6 Å². The second-order valence-electron chi connectivity index (χ2n) is 5.82. The zero-order chi connectivity index (χ0) is 22.5. The highest BCUT2D eigenvalue weighted by Crippen LogP contribution is 2.41. The monoisotopic (exact) mass is 477 g/mol. The third kappa shape index (κ3) is 4.28. The Hall–Kier alpha value is -2.99. The minimum absolute atomic E-state index is 0.0186. The van der Waals surface area contributed by atoms with Crippen LogP contribution in [0.2, 0.25) is 0 Å². The first-order chi connectivity index (χ1) is 13.7. The fourth-order valence-electron chi connectivity index (χ4n) is 2.33. The Kier molecular flexibility index (Phi) is 5.11. The smallest absolute Gasteiger partial charge is 0.298 e. The number of aromatic hydroxyl groups is 1. The molecular weight excluding hydrogens is 466 g/mol. The molecule has 1 aromatic heterocycles. The molecule has 0 atom stereocenters. The molecule has 0 aliphatic heterocycles. The molecule has 0 fully saturated rings. The summed E-state index contributed by atoms with van der Waals surface area (Å²) in [5.74, 6) is -1.50. The van der Waals surface area contributed by atoms with Crippen LogP contribution >= 0.6 is 0 Å². The van der Waals surface area contributed by atoms with Crippen LogP contribution in [0.15, 0.2) is 49.4 Å². The first-order valence-corrected chi connectivity index (χ1v) is 12.2. The van der Waals surface area contributed by atoms with E-state index >= 15 is 0 Å². The summed E-state index contributed by atoms with van der Waals surface area (Å²) in [6.45, 7) is 0. The molecule has 30 heavy (non-hydrogen) atoms. The van der Waals surface area contributed by atoms with Crippen LogP contribution in [0.1, 0.15) is 0 Å². The number of benzene rings is 2. The van der Waals surface area contributed by atoms with Crippen LogP contribution in [-0.2, 0) is 30.1 Å². The van der Waals surface area contributed by atoms with Gasteiger partial charge in [-0.2, -0.15) is 21.8 Å². The summed E-state index contributed by atoms with van der Waals surface area (Å²) in [5.41, 5.74) is -0.521. The summed E-state index contributed by atoms with van der Waals surface area (Å²) in [4.78, 5) is 1.95. The molecule has 0 spiro atoms. The number of aromatic amines is 1. The van der Waals surface area contributed by atoms with Crippen molar-refractivity contribution in [2.24, 2.45) is 10.2 Å². The number of rotatable bonds is 5. The van der Waals surface area contributed by atoms with Gasteiger partial charge in [-0.15, -0.1) is 15.3 Å². The van der Waals surface area contributed by atoms with Crippen LogP contribution < -0.4 is 0 Å². The van der Waals surface area contributed by atoms with Gasteiger partial charge in [0.2, 0.25) is 15.0 Å². The third-order valence-electron chi connectivity index (χ3n) is 3.64. The zero-order valence-electron chi connectivity index (χ0n) is 14.6. The second-order valence-corrected chi connectivity index (χ2v) is 10.6. The average molecular weight is 477 g/mol. The van der Waals surface area contributed by atoms with Crippen LogP contribution in [0, 0.1) is 0 Å². The summed E-state index contributed by atoms with van der Waals surface area (Å²) in [7, 11) is -13.3. The van der Waals surface area contributed by atoms with E-state index in [0.717, 1.165) is 30.5 Å². The van der Waals surface area contributed by atoms with E-state index in [0.29, 0.717) is 0 Å². The van der Waals surface area contributed by atoms with Crippen molar-refractivity contribution in [2.75, 3.05) is 6.26 Å². The lowest BCUT2D eigenvalue weighted by atomic mass is 10.1. The Balaban J connectivity index is 2.26. The lowest BCUT2D eigenvalue weighted by Gasteiger charge is -2.09. The van der Waals surface area contributed by atoms with Gasteiger partial charge in [0.25, 0.3) is 26.2 Å². The van der Waals surface area contributed by atoms with Gasteiger partial charge in [-0.1, -0.05) is 6.07 Å². The number of hydrogen-bond acceptors (Lipinski definition) is 11. The van der Waals surface area contributed by atoms with Gasteiger partial charge in [0.1, 0.15) is 10.6 Å². The van der Waals surface area contributed by atoms with Gasteiger partial charge in [-0.25, -0.2) is 13.5 Å². The number of azo groups is 1. The van der Waals surface area contributed by atoms with Gasteiger partial charge in [-0.3, -0.25) is 9.11 Å². The van der Waals surface area contributed by atoms with E-state index in [1.807, 2.05) is 0 Å². The van der Waals surface area contributed by atoms with Crippen LogP contribution in [-0.4, -0.2) is 60.9 Å².